The quantitative estimate of drug-likeness (QED) is 0.314. The van der Waals surface area contributed by atoms with E-state index < -0.39 is 10.4 Å². The van der Waals surface area contributed by atoms with Gasteiger partial charge in [0.1, 0.15) is 0 Å². The fraction of sp³-hybridized carbons (Fsp3) is 0. The van der Waals surface area contributed by atoms with Crippen LogP contribution in [0.2, 0.25) is 0 Å². The zero-order valence-electron chi connectivity index (χ0n) is 2.45. The van der Waals surface area contributed by atoms with Crippen LogP contribution in [0.5, 0.6) is 0 Å². The molecular weight excluding hydrogens is 148 g/mol. The Morgan fingerprint density at radius 1 is 1.17 bits per heavy atom. The summed E-state index contributed by atoms with van der Waals surface area (Å²) < 4.78 is 34.1. The van der Waals surface area contributed by atoms with Crippen molar-refractivity contribution in [1.29, 1.82) is 0 Å². The molecule has 0 heterocycles. The molecule has 0 radical (unpaired) electrons. The second-order valence-corrected chi connectivity index (χ2v) is 1.22. The first kappa shape index (κ1) is 9.64. The summed E-state index contributed by atoms with van der Waals surface area (Å²) >= 11 is 0. The zero-order valence-corrected chi connectivity index (χ0v) is 4.54. The summed E-state index contributed by atoms with van der Waals surface area (Å²) in [6.45, 7) is 0. The average molecular weight is 148 g/mol. The Hall–Kier alpha value is 0.402. The Bertz CT molecular complexity index is 90.7. The van der Waals surface area contributed by atoms with Gasteiger partial charge < -0.3 is 9.11 Å². The summed E-state index contributed by atoms with van der Waals surface area (Å²) in [5.74, 6) is 0. The standard InChI is InChI=1S/Cr.H2O4S/c;1-5(2,3)4/h;(H2,1,2,3,4)/q+2;/p-2. The van der Waals surface area contributed by atoms with Gasteiger partial charge in [-0.3, -0.25) is 8.42 Å². The van der Waals surface area contributed by atoms with Crippen LogP contribution in [0.25, 0.3) is 0 Å². The van der Waals surface area contributed by atoms with E-state index in [0.29, 0.717) is 0 Å². The topological polar surface area (TPSA) is 80.3 Å². The summed E-state index contributed by atoms with van der Waals surface area (Å²) in [5.41, 5.74) is 0. The first-order valence-corrected chi connectivity index (χ1v) is 2.00. The third kappa shape index (κ3) is 315. The summed E-state index contributed by atoms with van der Waals surface area (Å²) in [7, 11) is -5.17. The maximum atomic E-state index is 8.52. The van der Waals surface area contributed by atoms with Gasteiger partial charge in [0, 0.05) is 10.4 Å². The average Bonchev–Trinajstić information content (AvgIpc) is 0.722. The van der Waals surface area contributed by atoms with Crippen molar-refractivity contribution in [2.24, 2.45) is 0 Å². The van der Waals surface area contributed by atoms with Crippen molar-refractivity contribution in [3.63, 3.8) is 0 Å². The van der Waals surface area contributed by atoms with Crippen molar-refractivity contribution in [2.45, 2.75) is 0 Å². The number of rotatable bonds is 0. The SMILES string of the molecule is O=S(=O)([O-])[O-].[Cr+2]. The summed E-state index contributed by atoms with van der Waals surface area (Å²) in [5, 5.41) is 0. The van der Waals surface area contributed by atoms with Crippen LogP contribution in [0.3, 0.4) is 0 Å². The first-order chi connectivity index (χ1) is 2.00. The number of hydrogen-bond donors (Lipinski definition) is 0. The van der Waals surface area contributed by atoms with Crippen LogP contribution in [-0.4, -0.2) is 17.5 Å². The molecule has 0 fully saturated rings. The molecule has 0 spiro atoms. The first-order valence-electron chi connectivity index (χ1n) is 0.667. The largest absolute Gasteiger partial charge is 2.00 e. The van der Waals surface area contributed by atoms with Crippen molar-refractivity contribution < 1.29 is 34.9 Å². The molecule has 0 aromatic heterocycles. The molecule has 0 unspecified atom stereocenters. The Kier molecular flexibility index (Phi) is 4.10. The second kappa shape index (κ2) is 2.55. The van der Waals surface area contributed by atoms with E-state index in [9.17, 15) is 0 Å². The molecule has 0 N–H and O–H groups in total. The minimum Gasteiger partial charge on any atom is -0.759 e. The predicted molar refractivity (Wildman–Crippen MR) is 10.5 cm³/mol. The minimum atomic E-state index is -5.17. The van der Waals surface area contributed by atoms with E-state index >= 15 is 0 Å². The summed E-state index contributed by atoms with van der Waals surface area (Å²) in [6, 6.07) is 0. The fourth-order valence-electron chi connectivity index (χ4n) is 0. The molecule has 0 rings (SSSR count). The Morgan fingerprint density at radius 2 is 1.17 bits per heavy atom. The molecule has 0 atom stereocenters. The van der Waals surface area contributed by atoms with Crippen LogP contribution in [0.1, 0.15) is 0 Å². The molecule has 0 aliphatic heterocycles. The van der Waals surface area contributed by atoms with Crippen molar-refractivity contribution in [2.75, 3.05) is 0 Å². The van der Waals surface area contributed by atoms with Gasteiger partial charge in [-0.05, 0) is 0 Å². The summed E-state index contributed by atoms with van der Waals surface area (Å²) in [6.07, 6.45) is 0. The van der Waals surface area contributed by atoms with Gasteiger partial charge in [0.25, 0.3) is 0 Å². The van der Waals surface area contributed by atoms with Crippen molar-refractivity contribution in [3.8, 4) is 0 Å². The molecular formula is CrO4S. The fourth-order valence-corrected chi connectivity index (χ4v) is 0. The third-order valence-electron chi connectivity index (χ3n) is 0. The molecule has 0 saturated heterocycles. The van der Waals surface area contributed by atoms with E-state index in [0.717, 1.165) is 0 Å². The van der Waals surface area contributed by atoms with E-state index in [1.807, 2.05) is 0 Å². The van der Waals surface area contributed by atoms with Crippen LogP contribution in [0.4, 0.5) is 0 Å². The molecule has 0 amide bonds. The predicted octanol–water partition coefficient (Wildman–Crippen LogP) is -1.34. The molecule has 0 aliphatic rings. The van der Waals surface area contributed by atoms with E-state index in [1.165, 1.54) is 0 Å². The van der Waals surface area contributed by atoms with E-state index in [1.54, 1.807) is 0 Å². The third-order valence-corrected chi connectivity index (χ3v) is 0. The van der Waals surface area contributed by atoms with E-state index in [4.69, 9.17) is 17.5 Å². The molecule has 0 aliphatic carbocycles. The molecule has 36 valence electrons. The Balaban J connectivity index is 0. The van der Waals surface area contributed by atoms with Gasteiger partial charge >= 0.3 is 17.4 Å². The van der Waals surface area contributed by atoms with Gasteiger partial charge in [0.2, 0.25) is 0 Å². The molecule has 6 heavy (non-hydrogen) atoms. The van der Waals surface area contributed by atoms with Gasteiger partial charge in [-0.2, -0.15) is 0 Å². The monoisotopic (exact) mass is 148 g/mol. The molecule has 0 aromatic rings. The molecule has 0 aromatic carbocycles. The van der Waals surface area contributed by atoms with Gasteiger partial charge in [0.05, 0.1) is 0 Å². The van der Waals surface area contributed by atoms with Gasteiger partial charge in [-0.1, -0.05) is 0 Å². The van der Waals surface area contributed by atoms with Gasteiger partial charge in [-0.15, -0.1) is 0 Å². The maximum Gasteiger partial charge on any atom is 2.00 e. The van der Waals surface area contributed by atoms with Gasteiger partial charge in [0.15, 0.2) is 0 Å². The van der Waals surface area contributed by atoms with Crippen LogP contribution >= 0.6 is 0 Å². The van der Waals surface area contributed by atoms with Crippen molar-refractivity contribution >= 4 is 10.4 Å². The Morgan fingerprint density at radius 3 is 1.17 bits per heavy atom. The van der Waals surface area contributed by atoms with Crippen LogP contribution in [-0.2, 0) is 27.8 Å². The maximum absolute atomic E-state index is 8.52. The Labute approximate surface area is 45.9 Å². The van der Waals surface area contributed by atoms with Crippen LogP contribution in [0.15, 0.2) is 0 Å². The van der Waals surface area contributed by atoms with Gasteiger partial charge in [-0.25, -0.2) is 0 Å². The molecule has 0 bridgehead atoms. The smallest absolute Gasteiger partial charge is 0.759 e. The van der Waals surface area contributed by atoms with E-state index in [-0.39, 0.29) is 17.4 Å². The van der Waals surface area contributed by atoms with Crippen LogP contribution in [0, 0.1) is 0 Å². The minimum absolute atomic E-state index is 0. The van der Waals surface area contributed by atoms with Crippen molar-refractivity contribution in [3.05, 3.63) is 0 Å². The number of hydrogen-bond acceptors (Lipinski definition) is 4. The molecule has 0 saturated carbocycles. The zero-order chi connectivity index (χ0) is 4.50. The van der Waals surface area contributed by atoms with Crippen molar-refractivity contribution in [1.82, 2.24) is 0 Å². The van der Waals surface area contributed by atoms with Crippen LogP contribution < -0.4 is 0 Å². The molecule has 6 heteroatoms. The van der Waals surface area contributed by atoms with E-state index in [2.05, 4.69) is 0 Å². The normalized spacial score (nSPS) is 9.67. The molecule has 4 nitrogen and oxygen atoms in total. The second-order valence-electron chi connectivity index (χ2n) is 0.408. The summed E-state index contributed by atoms with van der Waals surface area (Å²) in [4.78, 5) is 0.